The number of nitrogens with two attached hydrogens (primary N) is 1. The maximum atomic E-state index is 6.40. The Bertz CT molecular complexity index is 401. The Morgan fingerprint density at radius 3 is 3.12 bits per heavy atom. The SMILES string of the molecule is NC(c1ccc2c(c1)CCO2)C1CCCCS1. The molecule has 17 heavy (non-hydrogen) atoms. The van der Waals surface area contributed by atoms with Gasteiger partial charge in [0.1, 0.15) is 5.75 Å². The third-order valence-electron chi connectivity index (χ3n) is 3.71. The number of hydrogen-bond donors (Lipinski definition) is 1. The Labute approximate surface area is 107 Å². The first-order valence-corrected chi connectivity index (χ1v) is 7.52. The van der Waals surface area contributed by atoms with E-state index >= 15 is 0 Å². The van der Waals surface area contributed by atoms with Crippen molar-refractivity contribution in [2.75, 3.05) is 12.4 Å². The minimum absolute atomic E-state index is 0.186. The summed E-state index contributed by atoms with van der Waals surface area (Å²) in [6.45, 7) is 0.826. The molecule has 0 amide bonds. The summed E-state index contributed by atoms with van der Waals surface area (Å²) in [6.07, 6.45) is 4.98. The Kier molecular flexibility index (Phi) is 3.30. The third kappa shape index (κ3) is 2.31. The van der Waals surface area contributed by atoms with E-state index in [-0.39, 0.29) is 6.04 Å². The second-order valence-corrected chi connectivity index (χ2v) is 6.24. The molecule has 1 aromatic carbocycles. The van der Waals surface area contributed by atoms with E-state index in [1.54, 1.807) is 0 Å². The van der Waals surface area contributed by atoms with Gasteiger partial charge in [0.05, 0.1) is 6.61 Å². The van der Waals surface area contributed by atoms with E-state index in [1.807, 2.05) is 11.8 Å². The average Bonchev–Trinajstić information content (AvgIpc) is 2.86. The zero-order chi connectivity index (χ0) is 11.7. The fourth-order valence-corrected chi connectivity index (χ4v) is 4.05. The van der Waals surface area contributed by atoms with Crippen LogP contribution in [-0.4, -0.2) is 17.6 Å². The summed E-state index contributed by atoms with van der Waals surface area (Å²) in [6, 6.07) is 6.67. The van der Waals surface area contributed by atoms with Crippen LogP contribution in [0.4, 0.5) is 0 Å². The highest BCUT2D eigenvalue weighted by molar-refractivity contribution is 8.00. The molecule has 0 bridgehead atoms. The summed E-state index contributed by atoms with van der Waals surface area (Å²) in [5.41, 5.74) is 9.02. The van der Waals surface area contributed by atoms with Crippen LogP contribution in [0.25, 0.3) is 0 Å². The number of fused-ring (bicyclic) bond motifs is 1. The summed E-state index contributed by atoms with van der Waals surface area (Å²) < 4.78 is 5.53. The van der Waals surface area contributed by atoms with Crippen LogP contribution in [0.15, 0.2) is 18.2 Å². The quantitative estimate of drug-likeness (QED) is 0.875. The molecular weight excluding hydrogens is 230 g/mol. The molecule has 1 saturated heterocycles. The normalized spacial score (nSPS) is 25.1. The third-order valence-corrected chi connectivity index (χ3v) is 5.20. The summed E-state index contributed by atoms with van der Waals surface area (Å²) >= 11 is 2.04. The predicted octanol–water partition coefficient (Wildman–Crippen LogP) is 2.91. The van der Waals surface area contributed by atoms with Crippen molar-refractivity contribution in [1.29, 1.82) is 0 Å². The molecule has 2 unspecified atom stereocenters. The fraction of sp³-hybridized carbons (Fsp3) is 0.571. The molecule has 0 aromatic heterocycles. The summed E-state index contributed by atoms with van der Waals surface area (Å²) in [5, 5.41) is 0.601. The molecule has 0 saturated carbocycles. The fourth-order valence-electron chi connectivity index (χ4n) is 2.68. The highest BCUT2D eigenvalue weighted by Crippen LogP contribution is 2.35. The van der Waals surface area contributed by atoms with Crippen molar-refractivity contribution in [3.05, 3.63) is 29.3 Å². The molecule has 92 valence electrons. The van der Waals surface area contributed by atoms with E-state index in [0.29, 0.717) is 5.25 Å². The van der Waals surface area contributed by atoms with Crippen LogP contribution in [0.3, 0.4) is 0 Å². The van der Waals surface area contributed by atoms with Crippen molar-refractivity contribution >= 4 is 11.8 Å². The lowest BCUT2D eigenvalue weighted by Gasteiger charge is -2.27. The summed E-state index contributed by atoms with van der Waals surface area (Å²) in [7, 11) is 0. The van der Waals surface area contributed by atoms with Crippen molar-refractivity contribution in [1.82, 2.24) is 0 Å². The monoisotopic (exact) mass is 249 g/mol. The number of rotatable bonds is 2. The van der Waals surface area contributed by atoms with E-state index in [9.17, 15) is 0 Å². The number of thioether (sulfide) groups is 1. The maximum Gasteiger partial charge on any atom is 0.122 e. The molecular formula is C14H19NOS. The van der Waals surface area contributed by atoms with E-state index in [4.69, 9.17) is 10.5 Å². The van der Waals surface area contributed by atoms with Gasteiger partial charge < -0.3 is 10.5 Å². The molecule has 0 aliphatic carbocycles. The lowest BCUT2D eigenvalue weighted by molar-refractivity contribution is 0.357. The van der Waals surface area contributed by atoms with E-state index in [2.05, 4.69) is 18.2 Å². The van der Waals surface area contributed by atoms with Crippen molar-refractivity contribution < 1.29 is 4.74 Å². The van der Waals surface area contributed by atoms with Gasteiger partial charge >= 0.3 is 0 Å². The number of ether oxygens (including phenoxy) is 1. The predicted molar refractivity (Wildman–Crippen MR) is 72.7 cm³/mol. The second kappa shape index (κ2) is 4.91. The zero-order valence-electron chi connectivity index (χ0n) is 10.0. The van der Waals surface area contributed by atoms with E-state index < -0.39 is 0 Å². The number of hydrogen-bond acceptors (Lipinski definition) is 3. The van der Waals surface area contributed by atoms with Crippen molar-refractivity contribution in [2.24, 2.45) is 5.73 Å². The Morgan fingerprint density at radius 1 is 1.35 bits per heavy atom. The molecule has 0 radical (unpaired) electrons. The molecule has 0 spiro atoms. The van der Waals surface area contributed by atoms with Crippen molar-refractivity contribution in [3.8, 4) is 5.75 Å². The van der Waals surface area contributed by atoms with Gasteiger partial charge in [-0.25, -0.2) is 0 Å². The van der Waals surface area contributed by atoms with Gasteiger partial charge in [0.2, 0.25) is 0 Å². The molecule has 2 heterocycles. The van der Waals surface area contributed by atoms with Gasteiger partial charge in [0.15, 0.2) is 0 Å². The highest BCUT2D eigenvalue weighted by Gasteiger charge is 2.23. The maximum absolute atomic E-state index is 6.40. The van der Waals surface area contributed by atoms with Crippen LogP contribution in [-0.2, 0) is 6.42 Å². The van der Waals surface area contributed by atoms with Crippen molar-refractivity contribution in [3.63, 3.8) is 0 Å². The molecule has 2 nitrogen and oxygen atoms in total. The summed E-state index contributed by atoms with van der Waals surface area (Å²) in [5.74, 6) is 2.32. The minimum atomic E-state index is 0.186. The molecule has 2 N–H and O–H groups in total. The number of benzene rings is 1. The van der Waals surface area contributed by atoms with Crippen molar-refractivity contribution in [2.45, 2.75) is 37.0 Å². The zero-order valence-corrected chi connectivity index (χ0v) is 10.8. The van der Waals surface area contributed by atoms with Crippen LogP contribution in [0.2, 0.25) is 0 Å². The van der Waals surface area contributed by atoms with Crippen LogP contribution in [0, 0.1) is 0 Å². The Morgan fingerprint density at radius 2 is 2.29 bits per heavy atom. The minimum Gasteiger partial charge on any atom is -0.493 e. The topological polar surface area (TPSA) is 35.2 Å². The van der Waals surface area contributed by atoms with E-state index in [1.165, 1.54) is 36.1 Å². The van der Waals surface area contributed by atoms with Gasteiger partial charge in [-0.3, -0.25) is 0 Å². The van der Waals surface area contributed by atoms with Crippen LogP contribution in [0.1, 0.15) is 36.4 Å². The molecule has 2 atom stereocenters. The van der Waals surface area contributed by atoms with Crippen LogP contribution >= 0.6 is 11.8 Å². The smallest absolute Gasteiger partial charge is 0.122 e. The first-order valence-electron chi connectivity index (χ1n) is 6.47. The van der Waals surface area contributed by atoms with Crippen LogP contribution < -0.4 is 10.5 Å². The second-order valence-electron chi connectivity index (χ2n) is 4.90. The first-order chi connectivity index (χ1) is 8.34. The Hall–Kier alpha value is -0.670. The molecule has 2 aliphatic rings. The lowest BCUT2D eigenvalue weighted by Crippen LogP contribution is -2.26. The van der Waals surface area contributed by atoms with Gasteiger partial charge in [-0.15, -0.1) is 0 Å². The molecule has 3 rings (SSSR count). The standard InChI is InChI=1S/C14H19NOS/c15-14(13-3-1-2-8-17-13)11-4-5-12-10(9-11)6-7-16-12/h4-5,9,13-14H,1-3,6-8,15H2. The van der Waals surface area contributed by atoms with Gasteiger partial charge in [-0.1, -0.05) is 18.6 Å². The molecule has 1 aromatic rings. The average molecular weight is 249 g/mol. The summed E-state index contributed by atoms with van der Waals surface area (Å²) in [4.78, 5) is 0. The molecule has 1 fully saturated rings. The van der Waals surface area contributed by atoms with Gasteiger partial charge in [-0.2, -0.15) is 11.8 Å². The first kappa shape index (κ1) is 11.4. The highest BCUT2D eigenvalue weighted by atomic mass is 32.2. The molecule has 3 heteroatoms. The Balaban J connectivity index is 1.78. The largest absolute Gasteiger partial charge is 0.493 e. The van der Waals surface area contributed by atoms with Gasteiger partial charge in [-0.05, 0) is 35.8 Å². The lowest BCUT2D eigenvalue weighted by atomic mass is 9.98. The van der Waals surface area contributed by atoms with Crippen LogP contribution in [0.5, 0.6) is 5.75 Å². The van der Waals surface area contributed by atoms with Gasteiger partial charge in [0, 0.05) is 17.7 Å². The van der Waals surface area contributed by atoms with Gasteiger partial charge in [0.25, 0.3) is 0 Å². The van der Waals surface area contributed by atoms with E-state index in [0.717, 1.165) is 18.8 Å². The molecule has 2 aliphatic heterocycles.